The summed E-state index contributed by atoms with van der Waals surface area (Å²) >= 11 is 7.70. The Morgan fingerprint density at radius 1 is 0.909 bits per heavy atom. The molecule has 1 heterocycles. The fourth-order valence-electron chi connectivity index (χ4n) is 3.62. The minimum absolute atomic E-state index is 0.505. The van der Waals surface area contributed by atoms with Gasteiger partial charge in [-0.25, -0.2) is 4.98 Å². The minimum Gasteiger partial charge on any atom is -0.489 e. The minimum atomic E-state index is 0.505. The number of ether oxygens (including phenoxy) is 1. The number of aryl methyl sites for hydroxylation is 1. The molecule has 5 aromatic rings. The van der Waals surface area contributed by atoms with Crippen molar-refractivity contribution in [2.75, 3.05) is 5.32 Å². The maximum Gasteiger partial charge on any atom is 0.124 e. The summed E-state index contributed by atoms with van der Waals surface area (Å²) in [5.74, 6) is 0.876. The molecule has 4 aromatic carbocycles. The first-order valence-corrected chi connectivity index (χ1v) is 12.0. The van der Waals surface area contributed by atoms with E-state index in [-0.39, 0.29) is 0 Å². The quantitative estimate of drug-likeness (QED) is 0.261. The highest BCUT2D eigenvalue weighted by molar-refractivity contribution is 7.21. The van der Waals surface area contributed by atoms with Gasteiger partial charge in [0.1, 0.15) is 17.4 Å². The van der Waals surface area contributed by atoms with Crippen molar-refractivity contribution >= 4 is 38.8 Å². The van der Waals surface area contributed by atoms with Gasteiger partial charge in [-0.3, -0.25) is 0 Å². The van der Waals surface area contributed by atoms with Gasteiger partial charge < -0.3 is 10.1 Å². The van der Waals surface area contributed by atoms with E-state index in [0.717, 1.165) is 43.7 Å². The van der Waals surface area contributed by atoms with Gasteiger partial charge in [-0.15, -0.1) is 11.3 Å². The molecule has 0 radical (unpaired) electrons. The van der Waals surface area contributed by atoms with Crippen LogP contribution in [0, 0.1) is 6.92 Å². The van der Waals surface area contributed by atoms with Crippen molar-refractivity contribution in [3.63, 3.8) is 0 Å². The van der Waals surface area contributed by atoms with Crippen LogP contribution in [0.15, 0.2) is 91.0 Å². The molecule has 33 heavy (non-hydrogen) atoms. The number of benzene rings is 4. The zero-order chi connectivity index (χ0) is 22.6. The molecule has 3 nitrogen and oxygen atoms in total. The van der Waals surface area contributed by atoms with E-state index in [1.165, 1.54) is 10.3 Å². The molecule has 0 saturated carbocycles. The molecule has 5 heteroatoms. The summed E-state index contributed by atoms with van der Waals surface area (Å²) in [6.07, 6.45) is 0. The van der Waals surface area contributed by atoms with Crippen LogP contribution in [0.4, 0.5) is 5.69 Å². The number of hydrogen-bond acceptors (Lipinski definition) is 4. The first-order chi connectivity index (χ1) is 16.1. The number of nitrogens with zero attached hydrogens (tertiary/aromatic N) is 1. The molecule has 164 valence electrons. The Morgan fingerprint density at radius 2 is 1.70 bits per heavy atom. The monoisotopic (exact) mass is 470 g/mol. The van der Waals surface area contributed by atoms with E-state index in [0.29, 0.717) is 13.2 Å². The van der Waals surface area contributed by atoms with Crippen LogP contribution >= 0.6 is 22.9 Å². The van der Waals surface area contributed by atoms with Crippen molar-refractivity contribution in [1.82, 2.24) is 4.98 Å². The second kappa shape index (κ2) is 9.65. The van der Waals surface area contributed by atoms with E-state index in [1.54, 1.807) is 11.3 Å². The van der Waals surface area contributed by atoms with E-state index in [9.17, 15) is 0 Å². The Morgan fingerprint density at radius 3 is 2.52 bits per heavy atom. The number of halogens is 1. The number of fused-ring (bicyclic) bond motifs is 1. The van der Waals surface area contributed by atoms with Crippen LogP contribution in [0.3, 0.4) is 0 Å². The molecule has 0 fully saturated rings. The van der Waals surface area contributed by atoms with Crippen LogP contribution in [-0.4, -0.2) is 4.98 Å². The molecule has 0 bridgehead atoms. The van der Waals surface area contributed by atoms with Crippen molar-refractivity contribution in [2.24, 2.45) is 0 Å². The summed E-state index contributed by atoms with van der Waals surface area (Å²) in [6.45, 7) is 3.29. The Hall–Kier alpha value is -3.34. The first-order valence-electron chi connectivity index (χ1n) is 10.8. The fraction of sp³-hybridized carbons (Fsp3) is 0.107. The molecule has 0 unspecified atom stereocenters. The average molecular weight is 471 g/mol. The molecular weight excluding hydrogens is 448 g/mol. The Balaban J connectivity index is 1.24. The smallest absolute Gasteiger partial charge is 0.124 e. The Kier molecular flexibility index (Phi) is 6.29. The summed E-state index contributed by atoms with van der Waals surface area (Å²) in [5, 5.41) is 5.28. The largest absolute Gasteiger partial charge is 0.489 e. The van der Waals surface area contributed by atoms with Crippen molar-refractivity contribution < 1.29 is 4.74 Å². The van der Waals surface area contributed by atoms with E-state index in [1.807, 2.05) is 42.5 Å². The van der Waals surface area contributed by atoms with Crippen molar-refractivity contribution in [3.8, 4) is 16.3 Å². The van der Waals surface area contributed by atoms with Gasteiger partial charge in [0, 0.05) is 28.4 Å². The third kappa shape index (κ3) is 5.19. The molecule has 1 aromatic heterocycles. The number of aromatic nitrogens is 1. The maximum atomic E-state index is 6.08. The molecule has 0 spiro atoms. The lowest BCUT2D eigenvalue weighted by Gasteiger charge is -2.13. The lowest BCUT2D eigenvalue weighted by atomic mass is 10.1. The van der Waals surface area contributed by atoms with E-state index in [4.69, 9.17) is 21.3 Å². The third-order valence-corrected chi connectivity index (χ3v) is 6.76. The molecule has 1 N–H and O–H groups in total. The van der Waals surface area contributed by atoms with Crippen LogP contribution in [0.25, 0.3) is 20.8 Å². The maximum absolute atomic E-state index is 6.08. The van der Waals surface area contributed by atoms with Crippen molar-refractivity contribution in [3.05, 3.63) is 113 Å². The second-order valence-corrected chi connectivity index (χ2v) is 9.41. The third-order valence-electron chi connectivity index (χ3n) is 5.44. The van der Waals surface area contributed by atoms with Gasteiger partial charge in [0.05, 0.1) is 10.2 Å². The molecule has 0 aliphatic rings. The summed E-state index contributed by atoms with van der Waals surface area (Å²) in [6, 6.07) is 30.7. The first kappa shape index (κ1) is 21.5. The van der Waals surface area contributed by atoms with Crippen LogP contribution in [0.2, 0.25) is 5.02 Å². The highest BCUT2D eigenvalue weighted by atomic mass is 35.5. The van der Waals surface area contributed by atoms with E-state index in [2.05, 4.69) is 60.8 Å². The number of thiazole rings is 1. The second-order valence-electron chi connectivity index (χ2n) is 7.94. The summed E-state index contributed by atoms with van der Waals surface area (Å²) in [7, 11) is 0. The van der Waals surface area contributed by atoms with E-state index >= 15 is 0 Å². The Bertz CT molecular complexity index is 1380. The topological polar surface area (TPSA) is 34.2 Å². The van der Waals surface area contributed by atoms with Crippen LogP contribution in [0.5, 0.6) is 5.75 Å². The summed E-state index contributed by atoms with van der Waals surface area (Å²) in [4.78, 5) is 4.78. The standard InChI is InChI=1S/C28H23ClN2OS/c1-19-6-15-25-27(16-19)33-28(31-25)21-9-13-24(14-10-21)30-17-22-4-2-3-5-26(22)32-18-20-7-11-23(29)12-8-20/h2-16,30H,17-18H2,1H3. The molecule has 0 atom stereocenters. The normalized spacial score (nSPS) is 11.0. The molecular formula is C28H23ClN2OS. The molecule has 5 rings (SSSR count). The number of rotatable bonds is 7. The summed E-state index contributed by atoms with van der Waals surface area (Å²) in [5.41, 5.74) is 6.70. The van der Waals surface area contributed by atoms with Gasteiger partial charge in [-0.05, 0) is 72.6 Å². The lowest BCUT2D eigenvalue weighted by Crippen LogP contribution is -2.03. The number of para-hydroxylation sites is 1. The average Bonchev–Trinajstić information content (AvgIpc) is 3.26. The van der Waals surface area contributed by atoms with E-state index < -0.39 is 0 Å². The van der Waals surface area contributed by atoms with Gasteiger partial charge in [0.15, 0.2) is 0 Å². The predicted octanol–water partition coefficient (Wildman–Crippen LogP) is 8.12. The predicted molar refractivity (Wildman–Crippen MR) is 139 cm³/mol. The number of hydrogen-bond donors (Lipinski definition) is 1. The van der Waals surface area contributed by atoms with Gasteiger partial charge in [0.2, 0.25) is 0 Å². The zero-order valence-corrected chi connectivity index (χ0v) is 19.8. The van der Waals surface area contributed by atoms with Crippen LogP contribution in [-0.2, 0) is 13.2 Å². The zero-order valence-electron chi connectivity index (χ0n) is 18.2. The highest BCUT2D eigenvalue weighted by Crippen LogP contribution is 2.31. The number of nitrogens with one attached hydrogen (secondary N) is 1. The summed E-state index contributed by atoms with van der Waals surface area (Å²) < 4.78 is 7.30. The van der Waals surface area contributed by atoms with Crippen molar-refractivity contribution in [1.29, 1.82) is 0 Å². The molecule has 0 aliphatic carbocycles. The Labute approximate surface area is 202 Å². The lowest BCUT2D eigenvalue weighted by molar-refractivity contribution is 0.303. The molecule has 0 saturated heterocycles. The van der Waals surface area contributed by atoms with Gasteiger partial charge in [-0.1, -0.05) is 48.0 Å². The van der Waals surface area contributed by atoms with Gasteiger partial charge in [-0.2, -0.15) is 0 Å². The van der Waals surface area contributed by atoms with Crippen LogP contribution in [0.1, 0.15) is 16.7 Å². The number of anilines is 1. The van der Waals surface area contributed by atoms with Crippen LogP contribution < -0.4 is 10.1 Å². The van der Waals surface area contributed by atoms with Gasteiger partial charge in [0.25, 0.3) is 0 Å². The highest BCUT2D eigenvalue weighted by Gasteiger charge is 2.08. The van der Waals surface area contributed by atoms with Gasteiger partial charge >= 0.3 is 0 Å². The molecule has 0 aliphatic heterocycles. The molecule has 0 amide bonds. The SMILES string of the molecule is Cc1ccc2nc(-c3ccc(NCc4ccccc4OCc4ccc(Cl)cc4)cc3)sc2c1. The fourth-order valence-corrected chi connectivity index (χ4v) is 4.81. The van der Waals surface area contributed by atoms with Crippen molar-refractivity contribution in [2.45, 2.75) is 20.1 Å².